The van der Waals surface area contributed by atoms with Crippen molar-refractivity contribution < 1.29 is 5.11 Å². The van der Waals surface area contributed by atoms with E-state index in [2.05, 4.69) is 35.5 Å². The van der Waals surface area contributed by atoms with Crippen molar-refractivity contribution in [2.75, 3.05) is 38.6 Å². The highest BCUT2D eigenvalue weighted by Gasteiger charge is 2.08. The van der Waals surface area contributed by atoms with Crippen molar-refractivity contribution in [3.05, 3.63) is 29.3 Å². The first-order valence-electron chi connectivity index (χ1n) is 6.44. The SMILES string of the molecule is CN(CCO)CCc1ccc2c(c1)CCCN2. The summed E-state index contributed by atoms with van der Waals surface area (Å²) in [4.78, 5) is 2.16. The Labute approximate surface area is 103 Å². The molecule has 0 saturated carbocycles. The van der Waals surface area contributed by atoms with Gasteiger partial charge in [-0.3, -0.25) is 0 Å². The van der Waals surface area contributed by atoms with Crippen molar-refractivity contribution in [1.29, 1.82) is 0 Å². The monoisotopic (exact) mass is 234 g/mol. The minimum atomic E-state index is 0.241. The molecule has 3 heteroatoms. The van der Waals surface area contributed by atoms with Crippen LogP contribution < -0.4 is 5.32 Å². The van der Waals surface area contributed by atoms with Gasteiger partial charge in [0.25, 0.3) is 0 Å². The average molecular weight is 234 g/mol. The van der Waals surface area contributed by atoms with Crippen LogP contribution in [-0.2, 0) is 12.8 Å². The third kappa shape index (κ3) is 3.45. The molecule has 17 heavy (non-hydrogen) atoms. The molecule has 0 aromatic heterocycles. The lowest BCUT2D eigenvalue weighted by Gasteiger charge is -2.19. The highest BCUT2D eigenvalue weighted by Crippen LogP contribution is 2.23. The van der Waals surface area contributed by atoms with Gasteiger partial charge in [-0.25, -0.2) is 0 Å². The maximum atomic E-state index is 8.84. The van der Waals surface area contributed by atoms with Crippen LogP contribution in [0.25, 0.3) is 0 Å². The number of nitrogens with one attached hydrogen (secondary N) is 1. The lowest BCUT2D eigenvalue weighted by atomic mass is 9.99. The van der Waals surface area contributed by atoms with Crippen LogP contribution in [0.1, 0.15) is 17.5 Å². The molecule has 2 N–H and O–H groups in total. The normalized spacial score (nSPS) is 14.5. The summed E-state index contributed by atoms with van der Waals surface area (Å²) in [6, 6.07) is 6.74. The van der Waals surface area contributed by atoms with Gasteiger partial charge in [0.1, 0.15) is 0 Å². The summed E-state index contributed by atoms with van der Waals surface area (Å²) in [5.41, 5.74) is 4.17. The number of fused-ring (bicyclic) bond motifs is 1. The Bertz CT molecular complexity index is 365. The number of anilines is 1. The van der Waals surface area contributed by atoms with Crippen LogP contribution in [0, 0.1) is 0 Å². The maximum absolute atomic E-state index is 8.84. The molecule has 1 aromatic carbocycles. The molecular formula is C14H22N2O. The van der Waals surface area contributed by atoms with Crippen LogP contribution in [-0.4, -0.2) is 43.3 Å². The zero-order valence-corrected chi connectivity index (χ0v) is 10.6. The Kier molecular flexibility index (Phi) is 4.40. The van der Waals surface area contributed by atoms with Crippen molar-refractivity contribution in [2.24, 2.45) is 0 Å². The predicted molar refractivity (Wildman–Crippen MR) is 71.5 cm³/mol. The molecule has 0 spiro atoms. The molecule has 1 heterocycles. The minimum Gasteiger partial charge on any atom is -0.395 e. The fourth-order valence-electron chi connectivity index (χ4n) is 2.29. The molecule has 0 saturated heterocycles. The maximum Gasteiger partial charge on any atom is 0.0558 e. The van der Waals surface area contributed by atoms with Crippen LogP contribution >= 0.6 is 0 Å². The molecule has 0 aliphatic carbocycles. The van der Waals surface area contributed by atoms with Gasteiger partial charge in [-0.05, 0) is 43.5 Å². The van der Waals surface area contributed by atoms with Gasteiger partial charge in [-0.15, -0.1) is 0 Å². The summed E-state index contributed by atoms with van der Waals surface area (Å²) in [7, 11) is 2.05. The second-order valence-corrected chi connectivity index (χ2v) is 4.80. The van der Waals surface area contributed by atoms with Gasteiger partial charge in [-0.1, -0.05) is 12.1 Å². The number of aliphatic hydroxyl groups is 1. The first-order chi connectivity index (χ1) is 8.29. The van der Waals surface area contributed by atoms with Gasteiger partial charge in [0.05, 0.1) is 6.61 Å². The van der Waals surface area contributed by atoms with Gasteiger partial charge in [0.2, 0.25) is 0 Å². The molecule has 0 atom stereocenters. The van der Waals surface area contributed by atoms with Gasteiger partial charge in [0, 0.05) is 25.3 Å². The van der Waals surface area contributed by atoms with Crippen LogP contribution in [0.2, 0.25) is 0 Å². The van der Waals surface area contributed by atoms with E-state index in [-0.39, 0.29) is 6.61 Å². The molecule has 1 aliphatic heterocycles. The molecule has 94 valence electrons. The molecule has 2 rings (SSSR count). The fourth-order valence-corrected chi connectivity index (χ4v) is 2.29. The quantitative estimate of drug-likeness (QED) is 0.810. The summed E-state index contributed by atoms with van der Waals surface area (Å²) in [5, 5.41) is 12.3. The molecular weight excluding hydrogens is 212 g/mol. The second kappa shape index (κ2) is 6.03. The van der Waals surface area contributed by atoms with Crippen molar-refractivity contribution >= 4 is 5.69 Å². The third-order valence-corrected chi connectivity index (χ3v) is 3.37. The van der Waals surface area contributed by atoms with Crippen LogP contribution in [0.15, 0.2) is 18.2 Å². The smallest absolute Gasteiger partial charge is 0.0558 e. The number of likely N-dealkylation sites (N-methyl/N-ethyl adjacent to an activating group) is 1. The summed E-state index contributed by atoms with van der Waals surface area (Å²) in [6.45, 7) is 3.11. The summed E-state index contributed by atoms with van der Waals surface area (Å²) in [6.07, 6.45) is 3.49. The number of aliphatic hydroxyl groups excluding tert-OH is 1. The summed E-state index contributed by atoms with van der Waals surface area (Å²) >= 11 is 0. The minimum absolute atomic E-state index is 0.241. The van der Waals surface area contributed by atoms with E-state index in [1.807, 2.05) is 0 Å². The predicted octanol–water partition coefficient (Wildman–Crippen LogP) is 1.51. The van der Waals surface area contributed by atoms with E-state index in [4.69, 9.17) is 5.11 Å². The largest absolute Gasteiger partial charge is 0.395 e. The van der Waals surface area contributed by atoms with Crippen molar-refractivity contribution in [2.45, 2.75) is 19.3 Å². The molecule has 0 amide bonds. The number of aryl methyl sites for hydroxylation is 1. The van der Waals surface area contributed by atoms with Gasteiger partial charge in [0.15, 0.2) is 0 Å². The Hall–Kier alpha value is -1.06. The van der Waals surface area contributed by atoms with E-state index in [1.165, 1.54) is 29.7 Å². The molecule has 1 aliphatic rings. The van der Waals surface area contributed by atoms with Crippen molar-refractivity contribution in [1.82, 2.24) is 4.90 Å². The van der Waals surface area contributed by atoms with E-state index < -0.39 is 0 Å². The van der Waals surface area contributed by atoms with Crippen molar-refractivity contribution in [3.63, 3.8) is 0 Å². The molecule has 1 aromatic rings. The number of hydrogen-bond acceptors (Lipinski definition) is 3. The number of benzene rings is 1. The summed E-state index contributed by atoms with van der Waals surface area (Å²) in [5.74, 6) is 0. The van der Waals surface area contributed by atoms with Crippen LogP contribution in [0.5, 0.6) is 0 Å². The highest BCUT2D eigenvalue weighted by molar-refractivity contribution is 5.54. The Morgan fingerprint density at radius 3 is 3.06 bits per heavy atom. The third-order valence-electron chi connectivity index (χ3n) is 3.37. The topological polar surface area (TPSA) is 35.5 Å². The molecule has 3 nitrogen and oxygen atoms in total. The van der Waals surface area contributed by atoms with Gasteiger partial charge in [-0.2, -0.15) is 0 Å². The van der Waals surface area contributed by atoms with Gasteiger partial charge < -0.3 is 15.3 Å². The van der Waals surface area contributed by atoms with E-state index in [0.29, 0.717) is 0 Å². The van der Waals surface area contributed by atoms with Crippen LogP contribution in [0.4, 0.5) is 5.69 Å². The number of hydrogen-bond donors (Lipinski definition) is 2. The van der Waals surface area contributed by atoms with E-state index >= 15 is 0 Å². The van der Waals surface area contributed by atoms with E-state index in [1.54, 1.807) is 0 Å². The Morgan fingerprint density at radius 2 is 2.24 bits per heavy atom. The summed E-state index contributed by atoms with van der Waals surface area (Å²) < 4.78 is 0. The van der Waals surface area contributed by atoms with E-state index in [9.17, 15) is 0 Å². The Morgan fingerprint density at radius 1 is 1.35 bits per heavy atom. The first-order valence-corrected chi connectivity index (χ1v) is 6.44. The van der Waals surface area contributed by atoms with E-state index in [0.717, 1.165) is 26.1 Å². The zero-order valence-electron chi connectivity index (χ0n) is 10.6. The zero-order chi connectivity index (χ0) is 12.1. The van der Waals surface area contributed by atoms with Crippen molar-refractivity contribution in [3.8, 4) is 0 Å². The highest BCUT2D eigenvalue weighted by atomic mass is 16.3. The van der Waals surface area contributed by atoms with Gasteiger partial charge >= 0.3 is 0 Å². The average Bonchev–Trinajstić information content (AvgIpc) is 2.36. The molecule has 0 radical (unpaired) electrons. The fraction of sp³-hybridized carbons (Fsp3) is 0.571. The first kappa shape index (κ1) is 12.4. The number of rotatable bonds is 5. The molecule has 0 unspecified atom stereocenters. The van der Waals surface area contributed by atoms with Crippen LogP contribution in [0.3, 0.4) is 0 Å². The Balaban J connectivity index is 1.93. The number of nitrogens with zero attached hydrogens (tertiary/aromatic N) is 1. The standard InChI is InChI=1S/C14H22N2O/c1-16(9-10-17)8-6-12-4-5-14-13(11-12)3-2-7-15-14/h4-5,11,15,17H,2-3,6-10H2,1H3. The molecule has 0 bridgehead atoms. The second-order valence-electron chi connectivity index (χ2n) is 4.80. The lowest BCUT2D eigenvalue weighted by molar-refractivity contribution is 0.223. The lowest BCUT2D eigenvalue weighted by Crippen LogP contribution is -2.24. The molecule has 0 fully saturated rings.